The molecule has 0 radical (unpaired) electrons. The van der Waals surface area contributed by atoms with Crippen molar-refractivity contribution in [2.75, 3.05) is 14.2 Å². The van der Waals surface area contributed by atoms with E-state index in [1.54, 1.807) is 20.8 Å². The molecular weight excluding hydrogens is 340 g/mol. The maximum atomic E-state index is 12.7. The number of carbonyl (C=O) groups excluding carboxylic acids is 3. The van der Waals surface area contributed by atoms with Crippen LogP contribution in [0.3, 0.4) is 0 Å². The molecule has 0 aromatic heterocycles. The van der Waals surface area contributed by atoms with E-state index in [1.807, 2.05) is 0 Å². The SMILES string of the molecule is COC(=O)[C@H](C)NC(=O)[C@H](c1ccc(O)cc1)N(C)C(=O)OC(C)(C)C. The summed E-state index contributed by atoms with van der Waals surface area (Å²) in [5.74, 6) is -1.17. The lowest BCUT2D eigenvalue weighted by Gasteiger charge is -2.30. The molecule has 2 N–H and O–H groups in total. The summed E-state index contributed by atoms with van der Waals surface area (Å²) in [7, 11) is 2.64. The fourth-order valence-electron chi connectivity index (χ4n) is 2.17. The topological polar surface area (TPSA) is 105 Å². The quantitative estimate of drug-likeness (QED) is 0.772. The molecule has 0 heterocycles. The lowest BCUT2D eigenvalue weighted by Crippen LogP contribution is -2.47. The van der Waals surface area contributed by atoms with Gasteiger partial charge in [-0.1, -0.05) is 12.1 Å². The molecule has 0 saturated carbocycles. The number of hydrogen-bond donors (Lipinski definition) is 2. The molecule has 26 heavy (non-hydrogen) atoms. The number of nitrogens with one attached hydrogen (secondary N) is 1. The van der Waals surface area contributed by atoms with Crippen LogP contribution in [0.2, 0.25) is 0 Å². The van der Waals surface area contributed by atoms with E-state index in [9.17, 15) is 19.5 Å². The molecule has 1 aromatic rings. The third kappa shape index (κ3) is 5.94. The van der Waals surface area contributed by atoms with Gasteiger partial charge in [0.25, 0.3) is 0 Å². The number of methoxy groups -OCH3 is 1. The highest BCUT2D eigenvalue weighted by Crippen LogP contribution is 2.24. The second-order valence-electron chi connectivity index (χ2n) is 6.84. The van der Waals surface area contributed by atoms with Gasteiger partial charge >= 0.3 is 12.1 Å². The number of ether oxygens (including phenoxy) is 2. The second-order valence-corrected chi connectivity index (χ2v) is 6.84. The van der Waals surface area contributed by atoms with Crippen molar-refractivity contribution in [3.63, 3.8) is 0 Å². The standard InChI is InChI=1S/C18H26N2O6/c1-11(16(23)25-6)19-15(22)14(12-7-9-13(21)10-8-12)20(5)17(24)26-18(2,3)4/h7-11,14,21H,1-6H3,(H,19,22)/t11-,14-/m0/s1. The zero-order valence-corrected chi connectivity index (χ0v) is 15.9. The number of rotatable bonds is 5. The molecule has 2 atom stereocenters. The van der Waals surface area contributed by atoms with Crippen LogP contribution >= 0.6 is 0 Å². The monoisotopic (exact) mass is 366 g/mol. The molecule has 0 bridgehead atoms. The molecule has 0 aliphatic carbocycles. The number of benzene rings is 1. The lowest BCUT2D eigenvalue weighted by molar-refractivity contribution is -0.145. The number of hydrogen-bond acceptors (Lipinski definition) is 6. The Kier molecular flexibility index (Phi) is 7.00. The fraction of sp³-hybridized carbons (Fsp3) is 0.500. The molecule has 0 saturated heterocycles. The van der Waals surface area contributed by atoms with E-state index in [2.05, 4.69) is 10.1 Å². The summed E-state index contributed by atoms with van der Waals surface area (Å²) < 4.78 is 9.91. The summed E-state index contributed by atoms with van der Waals surface area (Å²) in [5, 5.41) is 12.0. The van der Waals surface area contributed by atoms with Gasteiger partial charge in [0.2, 0.25) is 5.91 Å². The predicted molar refractivity (Wildman–Crippen MR) is 94.5 cm³/mol. The predicted octanol–water partition coefficient (Wildman–Crippen LogP) is 1.98. The number of phenols is 1. The molecule has 0 unspecified atom stereocenters. The van der Waals surface area contributed by atoms with Crippen molar-refractivity contribution in [3.8, 4) is 5.75 Å². The summed E-state index contributed by atoms with van der Waals surface area (Å²) in [4.78, 5) is 37.8. The maximum Gasteiger partial charge on any atom is 0.410 e. The van der Waals surface area contributed by atoms with Gasteiger partial charge in [0.05, 0.1) is 7.11 Å². The highest BCUT2D eigenvalue weighted by molar-refractivity contribution is 5.90. The fourth-order valence-corrected chi connectivity index (χ4v) is 2.17. The molecule has 8 heteroatoms. The van der Waals surface area contributed by atoms with Crippen LogP contribution < -0.4 is 5.32 Å². The van der Waals surface area contributed by atoms with Gasteiger partial charge in [0, 0.05) is 7.05 Å². The van der Waals surface area contributed by atoms with Crippen molar-refractivity contribution in [2.24, 2.45) is 0 Å². The summed E-state index contributed by atoms with van der Waals surface area (Å²) in [6.45, 7) is 6.63. The zero-order valence-electron chi connectivity index (χ0n) is 15.9. The molecule has 1 rings (SSSR count). The van der Waals surface area contributed by atoms with Gasteiger partial charge < -0.3 is 19.9 Å². The lowest BCUT2D eigenvalue weighted by atomic mass is 10.0. The van der Waals surface area contributed by atoms with Gasteiger partial charge in [0.15, 0.2) is 0 Å². The Morgan fingerprint density at radius 1 is 1.15 bits per heavy atom. The van der Waals surface area contributed by atoms with Crippen molar-refractivity contribution >= 4 is 18.0 Å². The molecule has 0 aliphatic rings. The number of aromatic hydroxyl groups is 1. The van der Waals surface area contributed by atoms with Gasteiger partial charge in [-0.3, -0.25) is 9.69 Å². The Morgan fingerprint density at radius 2 is 1.69 bits per heavy atom. The Morgan fingerprint density at radius 3 is 2.15 bits per heavy atom. The Bertz CT molecular complexity index is 651. The summed E-state index contributed by atoms with van der Waals surface area (Å²) >= 11 is 0. The highest BCUT2D eigenvalue weighted by atomic mass is 16.6. The van der Waals surface area contributed by atoms with Gasteiger partial charge in [-0.2, -0.15) is 0 Å². The molecule has 0 aliphatic heterocycles. The number of carbonyl (C=O) groups is 3. The largest absolute Gasteiger partial charge is 0.508 e. The number of nitrogens with zero attached hydrogens (tertiary/aromatic N) is 1. The van der Waals surface area contributed by atoms with E-state index in [0.717, 1.165) is 4.90 Å². The van der Waals surface area contributed by atoms with Gasteiger partial charge in [-0.05, 0) is 45.4 Å². The number of esters is 1. The molecule has 1 aromatic carbocycles. The van der Waals surface area contributed by atoms with Gasteiger partial charge in [0.1, 0.15) is 23.4 Å². The third-order valence-corrected chi connectivity index (χ3v) is 3.44. The van der Waals surface area contributed by atoms with Gasteiger partial charge in [-0.25, -0.2) is 9.59 Å². The van der Waals surface area contributed by atoms with E-state index in [4.69, 9.17) is 4.74 Å². The first-order valence-electron chi connectivity index (χ1n) is 8.09. The molecular formula is C18H26N2O6. The number of amides is 2. The average Bonchev–Trinajstić information content (AvgIpc) is 2.54. The number of phenolic OH excluding ortho intramolecular Hbond substituents is 1. The minimum absolute atomic E-state index is 0.0239. The van der Waals surface area contributed by atoms with E-state index in [-0.39, 0.29) is 5.75 Å². The molecule has 0 spiro atoms. The van der Waals surface area contributed by atoms with Crippen molar-refractivity contribution in [1.82, 2.24) is 10.2 Å². The van der Waals surface area contributed by atoms with E-state index < -0.39 is 35.7 Å². The number of likely N-dealkylation sites (N-methyl/N-ethyl adjacent to an activating group) is 1. The van der Waals surface area contributed by atoms with Crippen LogP contribution in [-0.2, 0) is 19.1 Å². The van der Waals surface area contributed by atoms with Crippen molar-refractivity contribution in [1.29, 1.82) is 0 Å². The molecule has 2 amide bonds. The first-order chi connectivity index (χ1) is 12.0. The summed E-state index contributed by atoms with van der Waals surface area (Å²) in [5.41, 5.74) is -0.286. The van der Waals surface area contributed by atoms with Crippen LogP contribution in [-0.4, -0.2) is 53.8 Å². The van der Waals surface area contributed by atoms with Crippen LogP contribution in [0.15, 0.2) is 24.3 Å². The second kappa shape index (κ2) is 8.55. The Balaban J connectivity index is 3.13. The summed E-state index contributed by atoms with van der Waals surface area (Å²) in [6, 6.07) is 3.90. The highest BCUT2D eigenvalue weighted by Gasteiger charge is 2.33. The summed E-state index contributed by atoms with van der Waals surface area (Å²) in [6.07, 6.45) is -0.698. The minimum Gasteiger partial charge on any atom is -0.508 e. The smallest absolute Gasteiger partial charge is 0.410 e. The van der Waals surface area contributed by atoms with Crippen LogP contribution in [0.25, 0.3) is 0 Å². The molecule has 8 nitrogen and oxygen atoms in total. The maximum absolute atomic E-state index is 12.7. The van der Waals surface area contributed by atoms with Crippen molar-refractivity contribution in [2.45, 2.75) is 45.4 Å². The Hall–Kier alpha value is -2.77. The normalized spacial score (nSPS) is 13.3. The minimum atomic E-state index is -1.06. The van der Waals surface area contributed by atoms with Crippen molar-refractivity contribution in [3.05, 3.63) is 29.8 Å². The van der Waals surface area contributed by atoms with Crippen LogP contribution in [0.1, 0.15) is 39.3 Å². The Labute approximate surface area is 153 Å². The van der Waals surface area contributed by atoms with Crippen LogP contribution in [0.4, 0.5) is 4.79 Å². The van der Waals surface area contributed by atoms with Crippen LogP contribution in [0, 0.1) is 0 Å². The van der Waals surface area contributed by atoms with E-state index in [0.29, 0.717) is 5.56 Å². The molecule has 144 valence electrons. The molecule has 0 fully saturated rings. The average molecular weight is 366 g/mol. The van der Waals surface area contributed by atoms with Crippen molar-refractivity contribution < 1.29 is 29.0 Å². The van der Waals surface area contributed by atoms with Gasteiger partial charge in [-0.15, -0.1) is 0 Å². The van der Waals surface area contributed by atoms with Crippen LogP contribution in [0.5, 0.6) is 5.75 Å². The van der Waals surface area contributed by atoms with E-state index >= 15 is 0 Å². The zero-order chi connectivity index (χ0) is 20.1. The first kappa shape index (κ1) is 21.3. The first-order valence-corrected chi connectivity index (χ1v) is 8.09. The van der Waals surface area contributed by atoms with E-state index in [1.165, 1.54) is 45.3 Å². The third-order valence-electron chi connectivity index (χ3n) is 3.44.